The molecule has 3 aliphatic heterocycles. The summed E-state index contributed by atoms with van der Waals surface area (Å²) in [7, 11) is 0. The topological polar surface area (TPSA) is 83.2 Å². The third-order valence-corrected chi connectivity index (χ3v) is 8.57. The molecule has 3 aromatic carbocycles. The Morgan fingerprint density at radius 2 is 1.24 bits per heavy atom. The molecule has 9 heteroatoms. The second-order valence-corrected chi connectivity index (χ2v) is 11.1. The smallest absolute Gasteiger partial charge is 0.231 e. The van der Waals surface area contributed by atoms with E-state index >= 15 is 0 Å². The van der Waals surface area contributed by atoms with E-state index in [9.17, 15) is 0 Å². The minimum atomic E-state index is 0.224. The number of fused-ring (bicyclic) bond motifs is 1. The van der Waals surface area contributed by atoms with E-state index in [1.807, 2.05) is 6.07 Å². The summed E-state index contributed by atoms with van der Waals surface area (Å²) in [5.41, 5.74) is 11.3. The molecule has 0 amide bonds. The van der Waals surface area contributed by atoms with Crippen LogP contribution in [0.2, 0.25) is 0 Å². The zero-order chi connectivity index (χ0) is 28.3. The summed E-state index contributed by atoms with van der Waals surface area (Å²) >= 11 is 0. The first-order valence-electron chi connectivity index (χ1n) is 14.8. The molecule has 2 saturated heterocycles. The van der Waals surface area contributed by atoms with Crippen molar-refractivity contribution in [1.82, 2.24) is 19.8 Å². The van der Waals surface area contributed by atoms with Crippen LogP contribution >= 0.6 is 0 Å². The van der Waals surface area contributed by atoms with Crippen molar-refractivity contribution < 1.29 is 9.47 Å². The van der Waals surface area contributed by atoms with E-state index in [4.69, 9.17) is 15.2 Å². The van der Waals surface area contributed by atoms with Crippen LogP contribution in [0, 0.1) is 0 Å². The van der Waals surface area contributed by atoms with Gasteiger partial charge in [0, 0.05) is 58.9 Å². The highest BCUT2D eigenvalue weighted by atomic mass is 16.7. The van der Waals surface area contributed by atoms with Gasteiger partial charge < -0.3 is 25.0 Å². The van der Waals surface area contributed by atoms with Crippen LogP contribution in [0.25, 0.3) is 0 Å². The van der Waals surface area contributed by atoms with Gasteiger partial charge in [-0.05, 0) is 28.8 Å². The predicted octanol–water partition coefficient (Wildman–Crippen LogP) is 4.02. The average molecular weight is 564 g/mol. The highest BCUT2D eigenvalue weighted by Crippen LogP contribution is 2.35. The molecule has 0 bridgehead atoms. The maximum atomic E-state index is 6.77. The maximum absolute atomic E-state index is 6.77. The first-order valence-corrected chi connectivity index (χ1v) is 14.8. The van der Waals surface area contributed by atoms with E-state index in [1.54, 1.807) is 6.33 Å². The highest BCUT2D eigenvalue weighted by Gasteiger charge is 2.29. The lowest BCUT2D eigenvalue weighted by atomic mass is 9.96. The first kappa shape index (κ1) is 26.6. The van der Waals surface area contributed by atoms with Gasteiger partial charge in [0.2, 0.25) is 6.79 Å². The van der Waals surface area contributed by atoms with Gasteiger partial charge in [-0.1, -0.05) is 66.7 Å². The van der Waals surface area contributed by atoms with E-state index in [1.165, 1.54) is 16.7 Å². The fraction of sp³-hybridized carbons (Fsp3) is 0.333. The molecule has 42 heavy (non-hydrogen) atoms. The van der Waals surface area contributed by atoms with E-state index in [0.29, 0.717) is 12.5 Å². The summed E-state index contributed by atoms with van der Waals surface area (Å²) in [4.78, 5) is 18.9. The summed E-state index contributed by atoms with van der Waals surface area (Å²) in [5.74, 6) is 3.35. The minimum Gasteiger partial charge on any atom is -0.454 e. The molecule has 216 valence electrons. The van der Waals surface area contributed by atoms with Crippen LogP contribution < -0.4 is 25.0 Å². The number of ether oxygens (including phenoxy) is 2. The van der Waals surface area contributed by atoms with Crippen LogP contribution in [-0.2, 0) is 6.54 Å². The van der Waals surface area contributed by atoms with Crippen molar-refractivity contribution in [2.45, 2.75) is 12.6 Å². The van der Waals surface area contributed by atoms with Gasteiger partial charge in [-0.2, -0.15) is 0 Å². The van der Waals surface area contributed by atoms with Crippen LogP contribution in [0.4, 0.5) is 17.3 Å². The van der Waals surface area contributed by atoms with Gasteiger partial charge in [0.25, 0.3) is 0 Å². The number of hydrogen-bond acceptors (Lipinski definition) is 9. The number of rotatable bonds is 7. The number of nitrogens with two attached hydrogens (primary N) is 1. The van der Waals surface area contributed by atoms with Crippen molar-refractivity contribution in [3.05, 3.63) is 102 Å². The lowest BCUT2D eigenvalue weighted by Crippen LogP contribution is -2.49. The summed E-state index contributed by atoms with van der Waals surface area (Å²) in [5, 5.41) is 0. The van der Waals surface area contributed by atoms with E-state index in [2.05, 4.69) is 102 Å². The monoisotopic (exact) mass is 563 g/mol. The Kier molecular flexibility index (Phi) is 7.51. The average Bonchev–Trinajstić information content (AvgIpc) is 3.52. The number of nitrogen functional groups attached to an aromatic ring is 1. The number of nitrogens with zero attached hydrogens (tertiary/aromatic N) is 6. The van der Waals surface area contributed by atoms with Crippen LogP contribution in [0.3, 0.4) is 0 Å². The number of aromatic nitrogens is 2. The lowest BCUT2D eigenvalue weighted by Gasteiger charge is -2.41. The number of anilines is 3. The van der Waals surface area contributed by atoms with Gasteiger partial charge in [0.15, 0.2) is 23.1 Å². The molecular weight excluding hydrogens is 526 g/mol. The SMILES string of the molecule is Nc1c(N2CCN(Cc3ccc4c(c3)OCO4)CC2)ncnc1N1CCN(C(c2ccccc2)c2ccccc2)CC1. The Morgan fingerprint density at radius 3 is 1.86 bits per heavy atom. The molecule has 4 heterocycles. The van der Waals surface area contributed by atoms with Gasteiger partial charge in [0.1, 0.15) is 12.0 Å². The summed E-state index contributed by atoms with van der Waals surface area (Å²) in [6.45, 7) is 8.36. The van der Waals surface area contributed by atoms with Gasteiger partial charge >= 0.3 is 0 Å². The Balaban J connectivity index is 0.996. The summed E-state index contributed by atoms with van der Waals surface area (Å²) < 4.78 is 11.0. The Hall–Kier alpha value is -4.34. The molecule has 2 fully saturated rings. The molecule has 4 aromatic rings. The molecule has 0 aliphatic carbocycles. The number of benzene rings is 3. The molecule has 0 saturated carbocycles. The number of piperazine rings is 2. The molecule has 2 N–H and O–H groups in total. The van der Waals surface area contributed by atoms with Crippen LogP contribution in [-0.4, -0.2) is 78.9 Å². The third-order valence-electron chi connectivity index (χ3n) is 8.57. The quantitative estimate of drug-likeness (QED) is 0.359. The predicted molar refractivity (Wildman–Crippen MR) is 165 cm³/mol. The largest absolute Gasteiger partial charge is 0.454 e. The highest BCUT2D eigenvalue weighted by molar-refractivity contribution is 5.76. The van der Waals surface area contributed by atoms with Crippen LogP contribution in [0.5, 0.6) is 11.5 Å². The molecule has 0 spiro atoms. The lowest BCUT2D eigenvalue weighted by molar-refractivity contribution is 0.174. The van der Waals surface area contributed by atoms with Gasteiger partial charge in [0.05, 0.1) is 6.04 Å². The van der Waals surface area contributed by atoms with E-state index < -0.39 is 0 Å². The van der Waals surface area contributed by atoms with Gasteiger partial charge in [-0.25, -0.2) is 9.97 Å². The molecule has 0 atom stereocenters. The van der Waals surface area contributed by atoms with Crippen molar-refractivity contribution in [2.75, 3.05) is 74.7 Å². The van der Waals surface area contributed by atoms with E-state index in [0.717, 1.165) is 82.0 Å². The summed E-state index contributed by atoms with van der Waals surface area (Å²) in [6, 6.07) is 28.0. The fourth-order valence-electron chi connectivity index (χ4n) is 6.37. The molecule has 9 nitrogen and oxygen atoms in total. The van der Waals surface area contributed by atoms with E-state index in [-0.39, 0.29) is 6.04 Å². The van der Waals surface area contributed by atoms with Crippen molar-refractivity contribution in [3.8, 4) is 11.5 Å². The molecular formula is C33H37N7O2. The maximum Gasteiger partial charge on any atom is 0.231 e. The fourth-order valence-corrected chi connectivity index (χ4v) is 6.37. The number of hydrogen-bond donors (Lipinski definition) is 1. The second kappa shape index (κ2) is 11.9. The van der Waals surface area contributed by atoms with Gasteiger partial charge in [-0.3, -0.25) is 9.80 Å². The molecule has 0 unspecified atom stereocenters. The Morgan fingerprint density at radius 1 is 0.667 bits per heavy atom. The zero-order valence-corrected chi connectivity index (χ0v) is 23.8. The molecule has 7 rings (SSSR count). The first-order chi connectivity index (χ1) is 20.7. The third kappa shape index (κ3) is 5.45. The Labute approximate surface area is 247 Å². The summed E-state index contributed by atoms with van der Waals surface area (Å²) in [6.07, 6.45) is 1.67. The minimum absolute atomic E-state index is 0.224. The van der Waals surface area contributed by atoms with Gasteiger partial charge in [-0.15, -0.1) is 0 Å². The molecule has 1 aromatic heterocycles. The van der Waals surface area contributed by atoms with Crippen molar-refractivity contribution in [1.29, 1.82) is 0 Å². The molecule has 3 aliphatic rings. The Bertz CT molecular complexity index is 1450. The van der Waals surface area contributed by atoms with Crippen molar-refractivity contribution >= 4 is 17.3 Å². The zero-order valence-electron chi connectivity index (χ0n) is 23.8. The van der Waals surface area contributed by atoms with Crippen molar-refractivity contribution in [2.24, 2.45) is 0 Å². The van der Waals surface area contributed by atoms with Crippen molar-refractivity contribution in [3.63, 3.8) is 0 Å². The van der Waals surface area contributed by atoms with Crippen LogP contribution in [0.1, 0.15) is 22.7 Å². The standard InChI is InChI=1S/C33H37N7O2/c34-30-32(39-15-13-37(14-16-39)22-25-11-12-28-29(21-25)42-24-41-28)35-23-36-33(30)40-19-17-38(18-20-40)31(26-7-3-1-4-8-26)27-9-5-2-6-10-27/h1-12,21,23,31H,13-20,22,24,34H2. The normalized spacial score (nSPS) is 17.6. The molecule has 0 radical (unpaired) electrons. The second-order valence-electron chi connectivity index (χ2n) is 11.1. The van der Waals surface area contributed by atoms with Crippen LogP contribution in [0.15, 0.2) is 85.2 Å².